The van der Waals surface area contributed by atoms with Gasteiger partial charge in [0.1, 0.15) is 0 Å². The topological polar surface area (TPSA) is 41.1 Å². The van der Waals surface area contributed by atoms with Crippen LogP contribution in [0.5, 0.6) is 0 Å². The third-order valence-corrected chi connectivity index (χ3v) is 3.68. The molecule has 15 heavy (non-hydrogen) atoms. The van der Waals surface area contributed by atoms with Gasteiger partial charge in [0.25, 0.3) is 0 Å². The maximum Gasteiger partial charge on any atom is 0.227 e. The van der Waals surface area contributed by atoms with Gasteiger partial charge in [0.15, 0.2) is 0 Å². The van der Waals surface area contributed by atoms with Gasteiger partial charge in [-0.05, 0) is 38.6 Å². The van der Waals surface area contributed by atoms with Gasteiger partial charge >= 0.3 is 0 Å². The molecule has 1 heterocycles. The quantitative estimate of drug-likeness (QED) is 0.734. The molecule has 86 valence electrons. The summed E-state index contributed by atoms with van der Waals surface area (Å²) >= 11 is 0. The number of carbonyl (C=O) groups is 1. The van der Waals surface area contributed by atoms with E-state index < -0.39 is 0 Å². The molecule has 2 N–H and O–H groups in total. The Morgan fingerprint density at radius 1 is 1.53 bits per heavy atom. The second-order valence-electron chi connectivity index (χ2n) is 5.33. The van der Waals surface area contributed by atoms with E-state index in [1.165, 1.54) is 19.3 Å². The Labute approximate surface area is 92.0 Å². The zero-order valence-electron chi connectivity index (χ0n) is 9.64. The molecule has 2 fully saturated rings. The second-order valence-corrected chi connectivity index (χ2v) is 5.33. The van der Waals surface area contributed by atoms with Gasteiger partial charge in [0, 0.05) is 13.1 Å². The Hall–Kier alpha value is -0.570. The molecule has 1 unspecified atom stereocenters. The predicted molar refractivity (Wildman–Crippen MR) is 60.6 cm³/mol. The van der Waals surface area contributed by atoms with E-state index in [9.17, 15) is 4.79 Å². The third kappa shape index (κ3) is 2.94. The molecule has 2 aliphatic rings. The summed E-state index contributed by atoms with van der Waals surface area (Å²) in [6.45, 7) is 4.85. The lowest BCUT2D eigenvalue weighted by Gasteiger charge is -2.32. The minimum absolute atomic E-state index is 0.165. The van der Waals surface area contributed by atoms with E-state index in [0.29, 0.717) is 0 Å². The van der Waals surface area contributed by atoms with Gasteiger partial charge in [0.05, 0.1) is 5.41 Å². The fourth-order valence-corrected chi connectivity index (χ4v) is 2.26. The van der Waals surface area contributed by atoms with E-state index in [0.717, 1.165) is 38.4 Å². The molecule has 0 spiro atoms. The average molecular weight is 210 g/mol. The number of hydrogen-bond acceptors (Lipinski definition) is 2. The molecule has 0 aromatic heterocycles. The molecule has 1 saturated heterocycles. The SMILES string of the molecule is CC1(C(=O)NCCC2CC2)CCCNC1. The van der Waals surface area contributed by atoms with Gasteiger partial charge in [-0.25, -0.2) is 0 Å². The van der Waals surface area contributed by atoms with Crippen LogP contribution in [0.1, 0.15) is 39.0 Å². The van der Waals surface area contributed by atoms with Crippen LogP contribution in [-0.2, 0) is 4.79 Å². The lowest BCUT2D eigenvalue weighted by Crippen LogP contribution is -2.48. The molecule has 2 rings (SSSR count). The number of rotatable bonds is 4. The van der Waals surface area contributed by atoms with Crippen LogP contribution < -0.4 is 10.6 Å². The van der Waals surface area contributed by atoms with E-state index in [2.05, 4.69) is 17.6 Å². The first-order chi connectivity index (χ1) is 7.21. The highest BCUT2D eigenvalue weighted by atomic mass is 16.2. The number of amides is 1. The molecule has 0 aromatic carbocycles. The van der Waals surface area contributed by atoms with Crippen molar-refractivity contribution >= 4 is 5.91 Å². The molecule has 3 heteroatoms. The van der Waals surface area contributed by atoms with Crippen molar-refractivity contribution in [1.82, 2.24) is 10.6 Å². The van der Waals surface area contributed by atoms with Gasteiger partial charge in [-0.3, -0.25) is 4.79 Å². The van der Waals surface area contributed by atoms with Gasteiger partial charge in [-0.15, -0.1) is 0 Å². The first-order valence-corrected chi connectivity index (χ1v) is 6.20. The van der Waals surface area contributed by atoms with Crippen LogP contribution in [0.25, 0.3) is 0 Å². The summed E-state index contributed by atoms with van der Waals surface area (Å²) in [5, 5.41) is 6.39. The van der Waals surface area contributed by atoms with Crippen molar-refractivity contribution in [3.8, 4) is 0 Å². The molecule has 1 saturated carbocycles. The van der Waals surface area contributed by atoms with Gasteiger partial charge in [0.2, 0.25) is 5.91 Å². The summed E-state index contributed by atoms with van der Waals surface area (Å²) in [5.74, 6) is 1.15. The van der Waals surface area contributed by atoms with Gasteiger partial charge in [-0.1, -0.05) is 12.8 Å². The van der Waals surface area contributed by atoms with Crippen molar-refractivity contribution in [2.45, 2.75) is 39.0 Å². The largest absolute Gasteiger partial charge is 0.356 e. The average Bonchev–Trinajstić information content (AvgIpc) is 3.03. The minimum Gasteiger partial charge on any atom is -0.356 e. The highest BCUT2D eigenvalue weighted by Gasteiger charge is 2.34. The highest BCUT2D eigenvalue weighted by molar-refractivity contribution is 5.82. The smallest absolute Gasteiger partial charge is 0.227 e. The van der Waals surface area contributed by atoms with Crippen LogP contribution in [0.3, 0.4) is 0 Å². The summed E-state index contributed by atoms with van der Waals surface area (Å²) in [6.07, 6.45) is 6.06. The zero-order valence-corrected chi connectivity index (χ0v) is 9.64. The molecule has 0 aromatic rings. The standard InChI is InChI=1S/C12H22N2O/c1-12(6-2-7-13-9-12)11(15)14-8-5-10-3-4-10/h10,13H,2-9H2,1H3,(H,14,15). The van der Waals surface area contributed by atoms with E-state index >= 15 is 0 Å². The lowest BCUT2D eigenvalue weighted by atomic mass is 9.82. The lowest BCUT2D eigenvalue weighted by molar-refractivity contribution is -0.131. The molecule has 1 atom stereocenters. The summed E-state index contributed by atoms with van der Waals surface area (Å²) in [6, 6.07) is 0. The predicted octanol–water partition coefficient (Wildman–Crippen LogP) is 1.29. The normalized spacial score (nSPS) is 31.3. The van der Waals surface area contributed by atoms with Crippen molar-refractivity contribution in [2.75, 3.05) is 19.6 Å². The maximum atomic E-state index is 12.0. The maximum absolute atomic E-state index is 12.0. The van der Waals surface area contributed by atoms with Crippen molar-refractivity contribution in [3.05, 3.63) is 0 Å². The van der Waals surface area contributed by atoms with Crippen molar-refractivity contribution in [1.29, 1.82) is 0 Å². The van der Waals surface area contributed by atoms with Crippen molar-refractivity contribution in [2.24, 2.45) is 11.3 Å². The van der Waals surface area contributed by atoms with Crippen LogP contribution >= 0.6 is 0 Å². The molecular weight excluding hydrogens is 188 g/mol. The molecule has 3 nitrogen and oxygen atoms in total. The minimum atomic E-state index is -0.165. The van der Waals surface area contributed by atoms with Crippen LogP contribution in [0.2, 0.25) is 0 Å². The van der Waals surface area contributed by atoms with Crippen LogP contribution in [0, 0.1) is 11.3 Å². The third-order valence-electron chi connectivity index (χ3n) is 3.68. The summed E-state index contributed by atoms with van der Waals surface area (Å²) in [4.78, 5) is 12.0. The summed E-state index contributed by atoms with van der Waals surface area (Å²) in [7, 11) is 0. The highest BCUT2D eigenvalue weighted by Crippen LogP contribution is 2.32. The molecule has 0 radical (unpaired) electrons. The summed E-state index contributed by atoms with van der Waals surface area (Å²) < 4.78 is 0. The monoisotopic (exact) mass is 210 g/mol. The zero-order chi connectivity index (χ0) is 10.7. The number of carbonyl (C=O) groups excluding carboxylic acids is 1. The second kappa shape index (κ2) is 4.52. The molecule has 1 aliphatic heterocycles. The van der Waals surface area contributed by atoms with E-state index in [-0.39, 0.29) is 11.3 Å². The van der Waals surface area contributed by atoms with Crippen LogP contribution in [0.15, 0.2) is 0 Å². The Morgan fingerprint density at radius 2 is 2.33 bits per heavy atom. The van der Waals surface area contributed by atoms with E-state index in [1.54, 1.807) is 0 Å². The fraction of sp³-hybridized carbons (Fsp3) is 0.917. The fourth-order valence-electron chi connectivity index (χ4n) is 2.26. The Balaban J connectivity index is 1.72. The molecule has 1 amide bonds. The van der Waals surface area contributed by atoms with Crippen molar-refractivity contribution in [3.63, 3.8) is 0 Å². The van der Waals surface area contributed by atoms with Crippen molar-refractivity contribution < 1.29 is 4.79 Å². The first-order valence-electron chi connectivity index (χ1n) is 6.20. The van der Waals surface area contributed by atoms with Gasteiger partial charge < -0.3 is 10.6 Å². The van der Waals surface area contributed by atoms with Gasteiger partial charge in [-0.2, -0.15) is 0 Å². The molecule has 1 aliphatic carbocycles. The van der Waals surface area contributed by atoms with E-state index in [4.69, 9.17) is 0 Å². The van der Waals surface area contributed by atoms with Crippen LogP contribution in [-0.4, -0.2) is 25.5 Å². The number of piperidine rings is 1. The van der Waals surface area contributed by atoms with Crippen LogP contribution in [0.4, 0.5) is 0 Å². The number of hydrogen-bond donors (Lipinski definition) is 2. The molecule has 0 bridgehead atoms. The Kier molecular flexibility index (Phi) is 3.29. The van der Waals surface area contributed by atoms with E-state index in [1.807, 2.05) is 0 Å². The summed E-state index contributed by atoms with van der Waals surface area (Å²) in [5.41, 5.74) is -0.165. The number of nitrogens with one attached hydrogen (secondary N) is 2. The Bertz CT molecular complexity index is 230. The first kappa shape index (κ1) is 10.9. The Morgan fingerprint density at radius 3 is 2.93 bits per heavy atom. The molecular formula is C12H22N2O.